The van der Waals surface area contributed by atoms with Crippen LogP contribution in [-0.2, 0) is 4.79 Å². The van der Waals surface area contributed by atoms with Crippen molar-refractivity contribution in [3.63, 3.8) is 0 Å². The van der Waals surface area contributed by atoms with Gasteiger partial charge < -0.3 is 5.32 Å². The predicted molar refractivity (Wildman–Crippen MR) is 94.6 cm³/mol. The van der Waals surface area contributed by atoms with Crippen LogP contribution >= 0.6 is 0 Å². The lowest BCUT2D eigenvalue weighted by Crippen LogP contribution is -2.14. The van der Waals surface area contributed by atoms with Crippen molar-refractivity contribution in [3.8, 4) is 0 Å². The Balaban J connectivity index is 1.96. The van der Waals surface area contributed by atoms with E-state index in [1.54, 1.807) is 24.3 Å². The average Bonchev–Trinajstić information content (AvgIpc) is 2.55. The summed E-state index contributed by atoms with van der Waals surface area (Å²) in [7, 11) is 0. The number of carbonyl (C=O) groups excluding carboxylic acids is 3. The van der Waals surface area contributed by atoms with Gasteiger partial charge in [-0.25, -0.2) is 0 Å². The van der Waals surface area contributed by atoms with Gasteiger partial charge in [-0.3, -0.25) is 14.4 Å². The first-order valence-electron chi connectivity index (χ1n) is 7.88. The Labute approximate surface area is 141 Å². The number of nitrogens with one attached hydrogen (secondary N) is 1. The Morgan fingerprint density at radius 3 is 2.42 bits per heavy atom. The summed E-state index contributed by atoms with van der Waals surface area (Å²) in [6.07, 6.45) is 0.263. The number of anilines is 1. The summed E-state index contributed by atoms with van der Waals surface area (Å²) in [4.78, 5) is 35.7. The second kappa shape index (κ2) is 7.68. The molecule has 1 N–H and O–H groups in total. The van der Waals surface area contributed by atoms with Crippen LogP contribution in [0.15, 0.2) is 42.5 Å². The predicted octanol–water partition coefficient (Wildman–Crippen LogP) is 4.11. The molecular weight excluding hydrogens is 302 g/mol. The highest BCUT2D eigenvalue weighted by molar-refractivity contribution is 6.01. The first kappa shape index (κ1) is 17.6. The van der Waals surface area contributed by atoms with E-state index in [2.05, 4.69) is 5.32 Å². The van der Waals surface area contributed by atoms with Gasteiger partial charge in [-0.15, -0.1) is 0 Å². The van der Waals surface area contributed by atoms with Crippen LogP contribution in [0.5, 0.6) is 0 Å². The Morgan fingerprint density at radius 1 is 0.958 bits per heavy atom. The van der Waals surface area contributed by atoms with Gasteiger partial charge in [0.15, 0.2) is 11.6 Å². The lowest BCUT2D eigenvalue weighted by Gasteiger charge is -2.08. The highest BCUT2D eigenvalue weighted by Gasteiger charge is 2.12. The zero-order chi connectivity index (χ0) is 17.7. The molecule has 4 heteroatoms. The third-order valence-electron chi connectivity index (χ3n) is 3.83. The molecule has 0 heterocycles. The number of carbonyl (C=O) groups is 3. The second-order valence-corrected chi connectivity index (χ2v) is 5.93. The third-order valence-corrected chi connectivity index (χ3v) is 3.83. The van der Waals surface area contributed by atoms with Crippen molar-refractivity contribution in [2.45, 2.75) is 33.6 Å². The lowest BCUT2D eigenvalue weighted by molar-refractivity contribution is -0.116. The van der Waals surface area contributed by atoms with E-state index in [9.17, 15) is 14.4 Å². The summed E-state index contributed by atoms with van der Waals surface area (Å²) >= 11 is 0. The van der Waals surface area contributed by atoms with Gasteiger partial charge in [-0.1, -0.05) is 29.8 Å². The SMILES string of the molecule is CC(=O)c1cccc(NC(=O)CCC(=O)c2cc(C)ccc2C)c1. The van der Waals surface area contributed by atoms with E-state index in [1.807, 2.05) is 32.0 Å². The van der Waals surface area contributed by atoms with Crippen molar-refractivity contribution >= 4 is 23.2 Å². The van der Waals surface area contributed by atoms with Gasteiger partial charge in [0.05, 0.1) is 0 Å². The monoisotopic (exact) mass is 323 g/mol. The number of Topliss-reactive ketones (excluding diaryl/α,β-unsaturated/α-hetero) is 2. The van der Waals surface area contributed by atoms with E-state index < -0.39 is 0 Å². The largest absolute Gasteiger partial charge is 0.326 e. The zero-order valence-corrected chi connectivity index (χ0v) is 14.2. The van der Waals surface area contributed by atoms with Gasteiger partial charge in [-0.05, 0) is 44.5 Å². The van der Waals surface area contributed by atoms with E-state index in [4.69, 9.17) is 0 Å². The highest BCUT2D eigenvalue weighted by Crippen LogP contribution is 2.15. The highest BCUT2D eigenvalue weighted by atomic mass is 16.2. The zero-order valence-electron chi connectivity index (χ0n) is 14.2. The van der Waals surface area contributed by atoms with Crippen LogP contribution in [0.4, 0.5) is 5.69 Å². The Hall–Kier alpha value is -2.75. The fourth-order valence-corrected chi connectivity index (χ4v) is 2.44. The summed E-state index contributed by atoms with van der Waals surface area (Å²) in [6.45, 7) is 5.30. The minimum atomic E-state index is -0.241. The molecule has 0 aliphatic heterocycles. The molecule has 0 spiro atoms. The van der Waals surface area contributed by atoms with Gasteiger partial charge in [0.1, 0.15) is 0 Å². The van der Waals surface area contributed by atoms with E-state index in [-0.39, 0.29) is 30.3 Å². The molecule has 0 unspecified atom stereocenters. The number of benzene rings is 2. The van der Waals surface area contributed by atoms with Gasteiger partial charge in [0, 0.05) is 29.7 Å². The fraction of sp³-hybridized carbons (Fsp3) is 0.250. The van der Waals surface area contributed by atoms with E-state index >= 15 is 0 Å². The first-order valence-corrected chi connectivity index (χ1v) is 7.88. The molecule has 0 bridgehead atoms. The normalized spacial score (nSPS) is 10.3. The molecule has 24 heavy (non-hydrogen) atoms. The van der Waals surface area contributed by atoms with E-state index in [0.29, 0.717) is 16.8 Å². The number of ketones is 2. The Bertz CT molecular complexity index is 793. The number of rotatable bonds is 6. The summed E-state index contributed by atoms with van der Waals surface area (Å²) in [5, 5.41) is 2.73. The van der Waals surface area contributed by atoms with Crippen LogP contribution in [0, 0.1) is 13.8 Å². The maximum Gasteiger partial charge on any atom is 0.224 e. The first-order chi connectivity index (χ1) is 11.4. The Morgan fingerprint density at radius 2 is 1.71 bits per heavy atom. The third kappa shape index (κ3) is 4.62. The van der Waals surface area contributed by atoms with Crippen molar-refractivity contribution in [1.29, 1.82) is 0 Å². The van der Waals surface area contributed by atoms with Gasteiger partial charge in [-0.2, -0.15) is 0 Å². The summed E-state index contributed by atoms with van der Waals surface area (Å²) in [5.74, 6) is -0.339. The van der Waals surface area contributed by atoms with Crippen molar-refractivity contribution in [2.75, 3.05) is 5.32 Å². The second-order valence-electron chi connectivity index (χ2n) is 5.93. The van der Waals surface area contributed by atoms with Crippen LogP contribution in [0.25, 0.3) is 0 Å². The standard InChI is InChI=1S/C20H21NO3/c1-13-7-8-14(2)18(11-13)19(23)9-10-20(24)21-17-6-4-5-16(12-17)15(3)22/h4-8,11-12H,9-10H2,1-3H3,(H,21,24). The molecule has 4 nitrogen and oxygen atoms in total. The molecule has 2 rings (SSSR count). The number of hydrogen-bond acceptors (Lipinski definition) is 3. The van der Waals surface area contributed by atoms with Crippen molar-refractivity contribution in [2.24, 2.45) is 0 Å². The molecule has 0 aliphatic carbocycles. The molecule has 2 aromatic rings. The molecule has 0 fully saturated rings. The minimum absolute atomic E-state index is 0.0381. The number of amides is 1. The molecule has 2 aromatic carbocycles. The topological polar surface area (TPSA) is 63.2 Å². The molecular formula is C20H21NO3. The van der Waals surface area contributed by atoms with Gasteiger partial charge >= 0.3 is 0 Å². The molecule has 0 saturated heterocycles. The molecule has 1 amide bonds. The van der Waals surface area contributed by atoms with Gasteiger partial charge in [0.25, 0.3) is 0 Å². The molecule has 0 aliphatic rings. The number of aryl methyl sites for hydroxylation is 2. The van der Waals surface area contributed by atoms with Crippen LogP contribution in [0.3, 0.4) is 0 Å². The number of hydrogen-bond donors (Lipinski definition) is 1. The summed E-state index contributed by atoms with van der Waals surface area (Å²) < 4.78 is 0. The van der Waals surface area contributed by atoms with Crippen LogP contribution in [0.1, 0.15) is 51.6 Å². The van der Waals surface area contributed by atoms with E-state index in [0.717, 1.165) is 11.1 Å². The lowest BCUT2D eigenvalue weighted by atomic mass is 9.99. The molecule has 124 valence electrons. The smallest absolute Gasteiger partial charge is 0.224 e. The molecule has 0 atom stereocenters. The van der Waals surface area contributed by atoms with Crippen LogP contribution in [-0.4, -0.2) is 17.5 Å². The fourth-order valence-electron chi connectivity index (χ4n) is 2.44. The maximum absolute atomic E-state index is 12.3. The van der Waals surface area contributed by atoms with Crippen molar-refractivity contribution in [1.82, 2.24) is 0 Å². The molecule has 0 aromatic heterocycles. The van der Waals surface area contributed by atoms with Gasteiger partial charge in [0.2, 0.25) is 5.91 Å². The van der Waals surface area contributed by atoms with Crippen molar-refractivity contribution in [3.05, 3.63) is 64.7 Å². The van der Waals surface area contributed by atoms with Crippen molar-refractivity contribution < 1.29 is 14.4 Å². The Kier molecular flexibility index (Phi) is 5.64. The quantitative estimate of drug-likeness (QED) is 0.814. The summed E-state index contributed by atoms with van der Waals surface area (Å²) in [6, 6.07) is 12.5. The van der Waals surface area contributed by atoms with Crippen LogP contribution < -0.4 is 5.32 Å². The molecule has 0 radical (unpaired) electrons. The van der Waals surface area contributed by atoms with E-state index in [1.165, 1.54) is 6.92 Å². The molecule has 0 saturated carbocycles. The van der Waals surface area contributed by atoms with Crippen LogP contribution in [0.2, 0.25) is 0 Å². The average molecular weight is 323 g/mol. The summed E-state index contributed by atoms with van der Waals surface area (Å²) in [5.41, 5.74) is 3.71. The minimum Gasteiger partial charge on any atom is -0.326 e. The maximum atomic E-state index is 12.3.